The SMILES string of the molecule is COCCOCOCCNC(=S)C(C(C)C)C(CC(N)=O)C(=O)O. The molecule has 2 atom stereocenters. The maximum atomic E-state index is 11.4. The van der Waals surface area contributed by atoms with Crippen molar-refractivity contribution < 1.29 is 28.9 Å². The first-order chi connectivity index (χ1) is 11.3. The second kappa shape index (κ2) is 13.1. The van der Waals surface area contributed by atoms with Gasteiger partial charge in [-0.2, -0.15) is 0 Å². The zero-order valence-corrected chi connectivity index (χ0v) is 15.3. The molecule has 0 heterocycles. The van der Waals surface area contributed by atoms with Gasteiger partial charge in [0.2, 0.25) is 5.91 Å². The molecule has 0 aliphatic rings. The molecule has 9 heteroatoms. The van der Waals surface area contributed by atoms with E-state index in [-0.39, 0.29) is 19.1 Å². The number of carboxylic acids is 1. The minimum absolute atomic E-state index is 0.0521. The van der Waals surface area contributed by atoms with E-state index in [1.807, 2.05) is 13.8 Å². The van der Waals surface area contributed by atoms with E-state index in [1.54, 1.807) is 7.11 Å². The molecule has 2 unspecified atom stereocenters. The van der Waals surface area contributed by atoms with Crippen molar-refractivity contribution in [2.75, 3.05) is 40.3 Å². The van der Waals surface area contributed by atoms with Gasteiger partial charge >= 0.3 is 5.97 Å². The van der Waals surface area contributed by atoms with Gasteiger partial charge < -0.3 is 30.4 Å². The molecule has 0 aliphatic carbocycles. The van der Waals surface area contributed by atoms with Crippen molar-refractivity contribution >= 4 is 29.1 Å². The molecule has 0 fully saturated rings. The Hall–Kier alpha value is -1.29. The lowest BCUT2D eigenvalue weighted by molar-refractivity contribution is -0.145. The van der Waals surface area contributed by atoms with Crippen molar-refractivity contribution in [1.82, 2.24) is 5.32 Å². The third kappa shape index (κ3) is 9.76. The standard InChI is InChI=1S/C15H28N2O6S/c1-10(2)13(11(15(19)20)8-12(16)18)14(24)17-4-5-22-9-23-7-6-21-3/h10-11,13H,4-9H2,1-3H3,(H2,16,18)(H,17,24)(H,19,20). The summed E-state index contributed by atoms with van der Waals surface area (Å²) in [6.07, 6.45) is -0.246. The lowest BCUT2D eigenvalue weighted by atomic mass is 9.81. The van der Waals surface area contributed by atoms with Crippen LogP contribution in [0.2, 0.25) is 0 Å². The number of nitrogens with two attached hydrogens (primary N) is 1. The van der Waals surface area contributed by atoms with E-state index in [9.17, 15) is 14.7 Å². The Kier molecular flexibility index (Phi) is 12.4. The minimum Gasteiger partial charge on any atom is -0.481 e. The minimum atomic E-state index is -1.08. The van der Waals surface area contributed by atoms with Crippen LogP contribution in [0.1, 0.15) is 20.3 Å². The van der Waals surface area contributed by atoms with Gasteiger partial charge in [-0.05, 0) is 5.92 Å². The Bertz CT molecular complexity index is 405. The van der Waals surface area contributed by atoms with Crippen molar-refractivity contribution in [2.24, 2.45) is 23.5 Å². The van der Waals surface area contributed by atoms with E-state index in [1.165, 1.54) is 0 Å². The zero-order valence-electron chi connectivity index (χ0n) is 14.4. The fourth-order valence-corrected chi connectivity index (χ4v) is 2.76. The Morgan fingerprint density at radius 2 is 1.83 bits per heavy atom. The summed E-state index contributed by atoms with van der Waals surface area (Å²) in [7, 11) is 1.59. The molecule has 8 nitrogen and oxygen atoms in total. The molecule has 0 saturated heterocycles. The summed E-state index contributed by atoms with van der Waals surface area (Å²) in [5.41, 5.74) is 5.15. The average molecular weight is 364 g/mol. The smallest absolute Gasteiger partial charge is 0.307 e. The molecule has 0 bridgehead atoms. The first-order valence-corrected chi connectivity index (χ1v) is 8.15. The predicted octanol–water partition coefficient (Wildman–Crippen LogP) is 0.389. The molecular formula is C15H28N2O6S. The molecule has 0 aromatic rings. The monoisotopic (exact) mass is 364 g/mol. The van der Waals surface area contributed by atoms with Crippen molar-refractivity contribution in [3.05, 3.63) is 0 Å². The number of hydrogen-bond donors (Lipinski definition) is 3. The van der Waals surface area contributed by atoms with Gasteiger partial charge in [-0.1, -0.05) is 26.1 Å². The Morgan fingerprint density at radius 1 is 1.21 bits per heavy atom. The first-order valence-electron chi connectivity index (χ1n) is 7.74. The maximum absolute atomic E-state index is 11.4. The highest BCUT2D eigenvalue weighted by Crippen LogP contribution is 2.25. The van der Waals surface area contributed by atoms with Crippen LogP contribution < -0.4 is 11.1 Å². The lowest BCUT2D eigenvalue weighted by Gasteiger charge is -2.28. The molecule has 0 radical (unpaired) electrons. The van der Waals surface area contributed by atoms with Gasteiger partial charge in [0, 0.05) is 26.0 Å². The maximum Gasteiger partial charge on any atom is 0.307 e. The number of carbonyl (C=O) groups excluding carboxylic acids is 1. The fourth-order valence-electron chi connectivity index (χ4n) is 2.22. The normalized spacial score (nSPS) is 13.5. The van der Waals surface area contributed by atoms with Crippen LogP contribution in [0.5, 0.6) is 0 Å². The molecule has 0 aromatic heterocycles. The second-order valence-electron chi connectivity index (χ2n) is 5.60. The molecule has 4 N–H and O–H groups in total. The van der Waals surface area contributed by atoms with E-state index < -0.39 is 23.7 Å². The van der Waals surface area contributed by atoms with Crippen molar-refractivity contribution in [3.8, 4) is 0 Å². The number of aliphatic carboxylic acids is 1. The van der Waals surface area contributed by atoms with Gasteiger partial charge in [0.1, 0.15) is 6.79 Å². The summed E-state index contributed by atoms with van der Waals surface area (Å²) in [6.45, 7) is 5.57. The Labute approximate surface area is 148 Å². The first kappa shape index (κ1) is 22.7. The molecule has 24 heavy (non-hydrogen) atoms. The fraction of sp³-hybridized carbons (Fsp3) is 0.800. The molecular weight excluding hydrogens is 336 g/mol. The van der Waals surface area contributed by atoms with E-state index in [4.69, 9.17) is 32.2 Å². The van der Waals surface area contributed by atoms with Crippen LogP contribution in [0, 0.1) is 17.8 Å². The third-order valence-corrected chi connectivity index (χ3v) is 3.75. The molecule has 0 saturated carbocycles. The molecule has 0 aliphatic heterocycles. The van der Waals surface area contributed by atoms with E-state index in [2.05, 4.69) is 5.32 Å². The van der Waals surface area contributed by atoms with Crippen molar-refractivity contribution in [2.45, 2.75) is 20.3 Å². The number of thiocarbonyl (C=S) groups is 1. The second-order valence-corrected chi connectivity index (χ2v) is 6.04. The number of carbonyl (C=O) groups is 2. The van der Waals surface area contributed by atoms with Gasteiger partial charge in [-0.25, -0.2) is 0 Å². The van der Waals surface area contributed by atoms with Crippen LogP contribution in [0.15, 0.2) is 0 Å². The molecule has 0 rings (SSSR count). The van der Waals surface area contributed by atoms with Gasteiger partial charge in [-0.15, -0.1) is 0 Å². The summed E-state index contributed by atoms with van der Waals surface area (Å²) >= 11 is 5.31. The van der Waals surface area contributed by atoms with Gasteiger partial charge in [-0.3, -0.25) is 9.59 Å². The van der Waals surface area contributed by atoms with Crippen LogP contribution in [0.25, 0.3) is 0 Å². The summed E-state index contributed by atoms with van der Waals surface area (Å²) in [5, 5.41) is 12.3. The number of carboxylic acid groups (broad SMARTS) is 1. The highest BCUT2D eigenvalue weighted by molar-refractivity contribution is 7.80. The van der Waals surface area contributed by atoms with Gasteiger partial charge in [0.15, 0.2) is 0 Å². The van der Waals surface area contributed by atoms with Crippen LogP contribution in [-0.2, 0) is 23.8 Å². The predicted molar refractivity (Wildman–Crippen MR) is 92.5 cm³/mol. The Balaban J connectivity index is 4.34. The number of hydrogen-bond acceptors (Lipinski definition) is 6. The number of methoxy groups -OCH3 is 1. The van der Waals surface area contributed by atoms with E-state index in [0.717, 1.165) is 0 Å². The number of ether oxygens (including phenoxy) is 3. The average Bonchev–Trinajstić information content (AvgIpc) is 2.48. The summed E-state index contributed by atoms with van der Waals surface area (Å²) < 4.78 is 15.2. The highest BCUT2D eigenvalue weighted by Gasteiger charge is 2.34. The van der Waals surface area contributed by atoms with Crippen molar-refractivity contribution in [3.63, 3.8) is 0 Å². The van der Waals surface area contributed by atoms with Gasteiger partial charge in [0.05, 0.1) is 30.7 Å². The van der Waals surface area contributed by atoms with Gasteiger partial charge in [0.25, 0.3) is 0 Å². The summed E-state index contributed by atoms with van der Waals surface area (Å²) in [4.78, 5) is 23.0. The van der Waals surface area contributed by atoms with Crippen LogP contribution >= 0.6 is 12.2 Å². The van der Waals surface area contributed by atoms with Crippen LogP contribution in [0.4, 0.5) is 0 Å². The molecule has 0 aromatic carbocycles. The zero-order chi connectivity index (χ0) is 18.5. The topological polar surface area (TPSA) is 120 Å². The number of amides is 1. The van der Waals surface area contributed by atoms with Crippen LogP contribution in [0.3, 0.4) is 0 Å². The largest absolute Gasteiger partial charge is 0.481 e. The van der Waals surface area contributed by atoms with E-state index in [0.29, 0.717) is 31.4 Å². The lowest BCUT2D eigenvalue weighted by Crippen LogP contribution is -2.42. The number of nitrogens with one attached hydrogen (secondary N) is 1. The number of primary amides is 1. The summed E-state index contributed by atoms with van der Waals surface area (Å²) in [6, 6.07) is 0. The quantitative estimate of drug-likeness (QED) is 0.230. The molecule has 1 amide bonds. The van der Waals surface area contributed by atoms with Crippen molar-refractivity contribution in [1.29, 1.82) is 0 Å². The highest BCUT2D eigenvalue weighted by atomic mass is 32.1. The number of rotatable bonds is 14. The van der Waals surface area contributed by atoms with E-state index >= 15 is 0 Å². The molecule has 0 spiro atoms. The summed E-state index contributed by atoms with van der Waals surface area (Å²) in [5.74, 6) is -3.22. The van der Waals surface area contributed by atoms with Crippen LogP contribution in [-0.4, -0.2) is 62.2 Å². The Morgan fingerprint density at radius 3 is 2.33 bits per heavy atom. The third-order valence-electron chi connectivity index (χ3n) is 3.34. The molecule has 140 valence electrons.